The predicted molar refractivity (Wildman–Crippen MR) is 62.3 cm³/mol. The van der Waals surface area contributed by atoms with Crippen molar-refractivity contribution in [2.45, 2.75) is 45.8 Å². The Morgan fingerprint density at radius 2 is 2.00 bits per heavy atom. The van der Waals surface area contributed by atoms with Crippen molar-refractivity contribution in [1.29, 1.82) is 0 Å². The minimum absolute atomic E-state index is 0.116. The van der Waals surface area contributed by atoms with E-state index in [1.54, 1.807) is 0 Å². The molecule has 0 N–H and O–H groups in total. The summed E-state index contributed by atoms with van der Waals surface area (Å²) in [6.07, 6.45) is 2.40. The average molecular weight is 229 g/mol. The third-order valence-electron chi connectivity index (χ3n) is 2.61. The van der Waals surface area contributed by atoms with Crippen LogP contribution in [0.15, 0.2) is 0 Å². The summed E-state index contributed by atoms with van der Waals surface area (Å²) < 4.78 is 10.7. The number of carbonyl (C=O) groups excluding carboxylic acids is 1. The molecule has 0 aromatic rings. The molecular formula is C12H23NO3. The van der Waals surface area contributed by atoms with E-state index in [-0.39, 0.29) is 18.2 Å². The molecule has 0 bridgehead atoms. The molecule has 2 unspecified atom stereocenters. The summed E-state index contributed by atoms with van der Waals surface area (Å²) in [5.74, 6) is -0.116. The molecule has 1 heterocycles. The van der Waals surface area contributed by atoms with Crippen LogP contribution < -0.4 is 0 Å². The molecule has 1 fully saturated rings. The van der Waals surface area contributed by atoms with Crippen molar-refractivity contribution in [3.63, 3.8) is 0 Å². The summed E-state index contributed by atoms with van der Waals surface area (Å²) in [6, 6.07) is 0. The summed E-state index contributed by atoms with van der Waals surface area (Å²) in [5.41, 5.74) is 0. The molecule has 1 aliphatic rings. The summed E-state index contributed by atoms with van der Waals surface area (Å²) in [5, 5.41) is 0. The molecule has 0 aliphatic carbocycles. The number of hydrogen-bond donors (Lipinski definition) is 0. The van der Waals surface area contributed by atoms with Gasteiger partial charge in [-0.2, -0.15) is 0 Å². The van der Waals surface area contributed by atoms with Gasteiger partial charge in [0, 0.05) is 13.1 Å². The highest BCUT2D eigenvalue weighted by molar-refractivity contribution is 5.71. The van der Waals surface area contributed by atoms with Crippen LogP contribution in [0, 0.1) is 0 Å². The van der Waals surface area contributed by atoms with Gasteiger partial charge in [0.1, 0.15) is 0 Å². The minimum atomic E-state index is -0.116. The van der Waals surface area contributed by atoms with Gasteiger partial charge < -0.3 is 9.47 Å². The number of rotatable bonds is 5. The number of esters is 1. The first kappa shape index (κ1) is 13.5. The van der Waals surface area contributed by atoms with Gasteiger partial charge in [-0.3, -0.25) is 9.69 Å². The SMILES string of the molecule is CCCCOC(=O)CN1CC(C)OC(C)C1. The second kappa shape index (κ2) is 6.86. The van der Waals surface area contributed by atoms with Gasteiger partial charge in [0.05, 0.1) is 25.4 Å². The summed E-state index contributed by atoms with van der Waals surface area (Å²) in [6.45, 7) is 8.71. The zero-order chi connectivity index (χ0) is 12.0. The number of hydrogen-bond acceptors (Lipinski definition) is 4. The lowest BCUT2D eigenvalue weighted by Crippen LogP contribution is -2.47. The van der Waals surface area contributed by atoms with E-state index in [0.29, 0.717) is 13.2 Å². The van der Waals surface area contributed by atoms with Crippen LogP contribution in [0.3, 0.4) is 0 Å². The van der Waals surface area contributed by atoms with Gasteiger partial charge in [-0.25, -0.2) is 0 Å². The molecule has 16 heavy (non-hydrogen) atoms. The lowest BCUT2D eigenvalue weighted by molar-refractivity contribution is -0.148. The first-order valence-corrected chi connectivity index (χ1v) is 6.15. The van der Waals surface area contributed by atoms with Crippen LogP contribution >= 0.6 is 0 Å². The highest BCUT2D eigenvalue weighted by Gasteiger charge is 2.23. The lowest BCUT2D eigenvalue weighted by Gasteiger charge is -2.34. The molecule has 1 rings (SSSR count). The molecule has 0 aromatic heterocycles. The molecule has 2 atom stereocenters. The highest BCUT2D eigenvalue weighted by Crippen LogP contribution is 2.10. The summed E-state index contributed by atoms with van der Waals surface area (Å²) in [4.78, 5) is 13.6. The van der Waals surface area contributed by atoms with Gasteiger partial charge in [0.2, 0.25) is 0 Å². The van der Waals surface area contributed by atoms with Gasteiger partial charge in [-0.1, -0.05) is 13.3 Å². The Morgan fingerprint density at radius 1 is 1.38 bits per heavy atom. The van der Waals surface area contributed by atoms with E-state index in [9.17, 15) is 4.79 Å². The molecule has 1 saturated heterocycles. The second-order valence-corrected chi connectivity index (χ2v) is 4.53. The molecule has 1 aliphatic heterocycles. The number of ether oxygens (including phenoxy) is 2. The molecule has 0 amide bonds. The Morgan fingerprint density at radius 3 is 2.56 bits per heavy atom. The number of nitrogens with zero attached hydrogens (tertiary/aromatic N) is 1. The van der Waals surface area contributed by atoms with Crippen molar-refractivity contribution in [3.05, 3.63) is 0 Å². The largest absolute Gasteiger partial charge is 0.465 e. The maximum Gasteiger partial charge on any atom is 0.320 e. The first-order chi connectivity index (χ1) is 7.61. The van der Waals surface area contributed by atoms with Crippen molar-refractivity contribution in [2.24, 2.45) is 0 Å². The van der Waals surface area contributed by atoms with E-state index >= 15 is 0 Å². The fraction of sp³-hybridized carbons (Fsp3) is 0.917. The van der Waals surface area contributed by atoms with Gasteiger partial charge in [-0.15, -0.1) is 0 Å². The van der Waals surface area contributed by atoms with E-state index in [2.05, 4.69) is 11.8 Å². The van der Waals surface area contributed by atoms with E-state index in [1.807, 2.05) is 13.8 Å². The van der Waals surface area contributed by atoms with Crippen LogP contribution in [0.5, 0.6) is 0 Å². The fourth-order valence-electron chi connectivity index (χ4n) is 1.97. The zero-order valence-electron chi connectivity index (χ0n) is 10.6. The maximum absolute atomic E-state index is 11.5. The minimum Gasteiger partial charge on any atom is -0.465 e. The van der Waals surface area contributed by atoms with Gasteiger partial charge >= 0.3 is 5.97 Å². The van der Waals surface area contributed by atoms with Gasteiger partial charge in [0.15, 0.2) is 0 Å². The molecule has 0 spiro atoms. The predicted octanol–water partition coefficient (Wildman–Crippen LogP) is 1.44. The van der Waals surface area contributed by atoms with Crippen molar-refractivity contribution in [1.82, 2.24) is 4.90 Å². The second-order valence-electron chi connectivity index (χ2n) is 4.53. The monoisotopic (exact) mass is 229 g/mol. The van der Waals surface area contributed by atoms with Crippen LogP contribution in [0.2, 0.25) is 0 Å². The Kier molecular flexibility index (Phi) is 5.77. The van der Waals surface area contributed by atoms with Crippen LogP contribution in [0.4, 0.5) is 0 Å². The summed E-state index contributed by atoms with van der Waals surface area (Å²) in [7, 11) is 0. The third-order valence-corrected chi connectivity index (χ3v) is 2.61. The molecule has 0 radical (unpaired) electrons. The molecule has 0 aromatic carbocycles. The van der Waals surface area contributed by atoms with Crippen molar-refractivity contribution >= 4 is 5.97 Å². The standard InChI is InChI=1S/C12H23NO3/c1-4-5-6-15-12(14)9-13-7-10(2)16-11(3)8-13/h10-11H,4-9H2,1-3H3. The molecular weight excluding hydrogens is 206 g/mol. The lowest BCUT2D eigenvalue weighted by atomic mass is 10.2. The van der Waals surface area contributed by atoms with E-state index in [1.165, 1.54) is 0 Å². The Labute approximate surface area is 97.9 Å². The molecule has 94 valence electrons. The number of carbonyl (C=O) groups is 1. The maximum atomic E-state index is 11.5. The highest BCUT2D eigenvalue weighted by atomic mass is 16.5. The Hall–Kier alpha value is -0.610. The quantitative estimate of drug-likeness (QED) is 0.528. The number of unbranched alkanes of at least 4 members (excludes halogenated alkanes) is 1. The van der Waals surface area contributed by atoms with E-state index in [0.717, 1.165) is 25.9 Å². The van der Waals surface area contributed by atoms with Gasteiger partial charge in [0.25, 0.3) is 0 Å². The number of morpholine rings is 1. The van der Waals surface area contributed by atoms with Crippen molar-refractivity contribution < 1.29 is 14.3 Å². The van der Waals surface area contributed by atoms with Crippen LogP contribution in [-0.2, 0) is 14.3 Å². The van der Waals surface area contributed by atoms with Crippen LogP contribution in [0.25, 0.3) is 0 Å². The topological polar surface area (TPSA) is 38.8 Å². The van der Waals surface area contributed by atoms with Crippen molar-refractivity contribution in [3.8, 4) is 0 Å². The zero-order valence-corrected chi connectivity index (χ0v) is 10.6. The van der Waals surface area contributed by atoms with E-state index < -0.39 is 0 Å². The molecule has 0 saturated carbocycles. The third kappa shape index (κ3) is 4.94. The van der Waals surface area contributed by atoms with Crippen LogP contribution in [0.1, 0.15) is 33.6 Å². The van der Waals surface area contributed by atoms with Gasteiger partial charge in [-0.05, 0) is 20.3 Å². The molecule has 4 nitrogen and oxygen atoms in total. The normalized spacial score (nSPS) is 26.7. The first-order valence-electron chi connectivity index (χ1n) is 6.15. The fourth-order valence-corrected chi connectivity index (χ4v) is 1.97. The Bertz CT molecular complexity index is 210. The average Bonchev–Trinajstić information content (AvgIpc) is 2.16. The van der Waals surface area contributed by atoms with E-state index in [4.69, 9.17) is 9.47 Å². The van der Waals surface area contributed by atoms with Crippen LogP contribution in [-0.4, -0.2) is 49.3 Å². The smallest absolute Gasteiger partial charge is 0.320 e. The summed E-state index contributed by atoms with van der Waals surface area (Å²) >= 11 is 0. The Balaban J connectivity index is 2.22. The van der Waals surface area contributed by atoms with Crippen molar-refractivity contribution in [2.75, 3.05) is 26.2 Å². The molecule has 4 heteroatoms.